The van der Waals surface area contributed by atoms with Crippen LogP contribution >= 0.6 is 11.3 Å². The molecular weight excluding hydrogens is 334 g/mol. The zero-order valence-electron chi connectivity index (χ0n) is 14.7. The number of likely N-dealkylation sites (tertiary alicyclic amines) is 1. The Hall–Kier alpha value is -1.57. The molecule has 0 N–H and O–H groups in total. The molecule has 4 rings (SSSR count). The third kappa shape index (κ3) is 3.68. The Morgan fingerprint density at radius 1 is 1.20 bits per heavy atom. The molecule has 1 spiro atoms. The minimum Gasteiger partial charge on any atom is -0.383 e. The van der Waals surface area contributed by atoms with Crippen molar-refractivity contribution in [3.63, 3.8) is 0 Å². The van der Waals surface area contributed by atoms with E-state index in [2.05, 4.69) is 30.1 Å². The number of rotatable bonds is 5. The van der Waals surface area contributed by atoms with E-state index in [9.17, 15) is 0 Å². The SMILES string of the molecule is COC[C@H]1CC2(CCN(c3ncccn3)CC2)CN1Cc1nccs1. The molecule has 4 heterocycles. The molecule has 6 nitrogen and oxygen atoms in total. The number of hydrogen-bond acceptors (Lipinski definition) is 7. The molecule has 2 fully saturated rings. The van der Waals surface area contributed by atoms with Gasteiger partial charge in [-0.3, -0.25) is 4.90 Å². The lowest BCUT2D eigenvalue weighted by molar-refractivity contribution is 0.111. The number of piperidine rings is 1. The minimum atomic E-state index is 0.395. The van der Waals surface area contributed by atoms with Crippen molar-refractivity contribution in [3.05, 3.63) is 35.0 Å². The fourth-order valence-corrected chi connectivity index (χ4v) is 4.94. The molecule has 2 aliphatic heterocycles. The predicted molar refractivity (Wildman–Crippen MR) is 98.7 cm³/mol. The van der Waals surface area contributed by atoms with Crippen LogP contribution in [0.5, 0.6) is 0 Å². The highest BCUT2D eigenvalue weighted by atomic mass is 32.1. The number of nitrogens with zero attached hydrogens (tertiary/aromatic N) is 5. The van der Waals surface area contributed by atoms with Gasteiger partial charge in [0.05, 0.1) is 13.2 Å². The van der Waals surface area contributed by atoms with Gasteiger partial charge in [0.15, 0.2) is 0 Å². The van der Waals surface area contributed by atoms with Crippen LogP contribution in [0.2, 0.25) is 0 Å². The lowest BCUT2D eigenvalue weighted by Gasteiger charge is -2.39. The quantitative estimate of drug-likeness (QED) is 0.817. The van der Waals surface area contributed by atoms with Gasteiger partial charge < -0.3 is 9.64 Å². The summed E-state index contributed by atoms with van der Waals surface area (Å²) >= 11 is 1.74. The normalized spacial score (nSPS) is 23.4. The van der Waals surface area contributed by atoms with Crippen molar-refractivity contribution in [2.75, 3.05) is 38.3 Å². The van der Waals surface area contributed by atoms with Crippen molar-refractivity contribution in [1.29, 1.82) is 0 Å². The molecule has 0 amide bonds. The second-order valence-electron chi connectivity index (χ2n) is 7.18. The van der Waals surface area contributed by atoms with Crippen molar-refractivity contribution in [2.45, 2.75) is 31.8 Å². The molecule has 0 bridgehead atoms. The second kappa shape index (κ2) is 7.35. The largest absolute Gasteiger partial charge is 0.383 e. The van der Waals surface area contributed by atoms with Crippen molar-refractivity contribution < 1.29 is 4.74 Å². The minimum absolute atomic E-state index is 0.395. The topological polar surface area (TPSA) is 54.4 Å². The van der Waals surface area contributed by atoms with Gasteiger partial charge >= 0.3 is 0 Å². The van der Waals surface area contributed by atoms with Crippen LogP contribution in [0.3, 0.4) is 0 Å². The summed E-state index contributed by atoms with van der Waals surface area (Å²) in [5.74, 6) is 0.864. The maximum absolute atomic E-state index is 5.51. The lowest BCUT2D eigenvalue weighted by Crippen LogP contribution is -2.42. The van der Waals surface area contributed by atoms with E-state index in [1.807, 2.05) is 31.8 Å². The Balaban J connectivity index is 1.42. The molecule has 0 saturated carbocycles. The molecule has 2 aliphatic rings. The van der Waals surface area contributed by atoms with E-state index in [1.165, 1.54) is 24.3 Å². The van der Waals surface area contributed by atoms with Crippen molar-refractivity contribution in [1.82, 2.24) is 19.9 Å². The molecule has 2 aromatic heterocycles. The highest BCUT2D eigenvalue weighted by molar-refractivity contribution is 7.09. The number of methoxy groups -OCH3 is 1. The molecule has 134 valence electrons. The first kappa shape index (κ1) is 16.9. The summed E-state index contributed by atoms with van der Waals surface area (Å²) in [4.78, 5) is 18.2. The maximum atomic E-state index is 5.51. The van der Waals surface area contributed by atoms with E-state index in [-0.39, 0.29) is 0 Å². The standard InChI is InChI=1S/C18H25N5OS/c1-24-13-15-11-18(14-23(15)12-16-19-7-10-25-16)3-8-22(9-4-18)17-20-5-2-6-21-17/h2,5-7,10,15H,3-4,8-9,11-14H2,1H3/t15-/m1/s1. The van der Waals surface area contributed by atoms with Gasteiger partial charge in [-0.25, -0.2) is 15.0 Å². The van der Waals surface area contributed by atoms with Gasteiger partial charge in [-0.1, -0.05) is 0 Å². The van der Waals surface area contributed by atoms with Gasteiger partial charge in [0.25, 0.3) is 0 Å². The molecule has 1 atom stereocenters. The molecular formula is C18H25N5OS. The maximum Gasteiger partial charge on any atom is 0.225 e. The lowest BCUT2D eigenvalue weighted by atomic mass is 9.76. The van der Waals surface area contributed by atoms with Crippen molar-refractivity contribution in [3.8, 4) is 0 Å². The Bertz CT molecular complexity index is 657. The second-order valence-corrected chi connectivity index (χ2v) is 8.16. The van der Waals surface area contributed by atoms with Crippen molar-refractivity contribution >= 4 is 17.3 Å². The van der Waals surface area contributed by atoms with Crippen LogP contribution in [0.1, 0.15) is 24.3 Å². The van der Waals surface area contributed by atoms with Crippen LogP contribution in [0.25, 0.3) is 0 Å². The van der Waals surface area contributed by atoms with Gasteiger partial charge in [-0.2, -0.15) is 0 Å². The van der Waals surface area contributed by atoms with Crippen LogP contribution < -0.4 is 4.90 Å². The highest BCUT2D eigenvalue weighted by Crippen LogP contribution is 2.44. The zero-order valence-corrected chi connectivity index (χ0v) is 15.5. The number of anilines is 1. The molecule has 2 saturated heterocycles. The van der Waals surface area contributed by atoms with Gasteiger partial charge in [0, 0.05) is 56.8 Å². The van der Waals surface area contributed by atoms with Gasteiger partial charge in [-0.05, 0) is 30.7 Å². The molecule has 7 heteroatoms. The van der Waals surface area contributed by atoms with E-state index < -0.39 is 0 Å². The molecule has 0 aromatic carbocycles. The first-order valence-electron chi connectivity index (χ1n) is 8.91. The fraction of sp³-hybridized carbons (Fsp3) is 0.611. The first-order chi connectivity index (χ1) is 12.3. The number of ether oxygens (including phenoxy) is 1. The van der Waals surface area contributed by atoms with E-state index in [0.29, 0.717) is 11.5 Å². The van der Waals surface area contributed by atoms with E-state index in [0.717, 1.165) is 38.7 Å². The molecule has 2 aromatic rings. The Labute approximate surface area is 152 Å². The zero-order chi connectivity index (χ0) is 17.1. The van der Waals surface area contributed by atoms with Crippen molar-refractivity contribution in [2.24, 2.45) is 5.41 Å². The molecule has 0 aliphatic carbocycles. The first-order valence-corrected chi connectivity index (χ1v) is 9.79. The van der Waals surface area contributed by atoms with Gasteiger partial charge in [0.2, 0.25) is 5.95 Å². The van der Waals surface area contributed by atoms with E-state index >= 15 is 0 Å². The van der Waals surface area contributed by atoms with Crippen LogP contribution in [0, 0.1) is 5.41 Å². The average molecular weight is 359 g/mol. The predicted octanol–water partition coefficient (Wildman–Crippen LogP) is 2.44. The summed E-state index contributed by atoms with van der Waals surface area (Å²) < 4.78 is 5.51. The molecule has 25 heavy (non-hydrogen) atoms. The number of aromatic nitrogens is 3. The smallest absolute Gasteiger partial charge is 0.225 e. The van der Waals surface area contributed by atoms with Crippen LogP contribution in [-0.4, -0.2) is 59.2 Å². The summed E-state index contributed by atoms with van der Waals surface area (Å²) in [5.41, 5.74) is 0.395. The summed E-state index contributed by atoms with van der Waals surface area (Å²) in [6, 6.07) is 2.37. The summed E-state index contributed by atoms with van der Waals surface area (Å²) in [6.45, 7) is 4.96. The Morgan fingerprint density at radius 3 is 2.68 bits per heavy atom. The summed E-state index contributed by atoms with van der Waals surface area (Å²) in [7, 11) is 1.81. The third-order valence-corrected chi connectivity index (χ3v) is 6.33. The summed E-state index contributed by atoms with van der Waals surface area (Å²) in [6.07, 6.45) is 9.16. The Kier molecular flexibility index (Phi) is 4.96. The molecule has 0 radical (unpaired) electrons. The summed E-state index contributed by atoms with van der Waals surface area (Å²) in [5, 5.41) is 3.26. The number of hydrogen-bond donors (Lipinski definition) is 0. The van der Waals surface area contributed by atoms with E-state index in [1.54, 1.807) is 11.3 Å². The van der Waals surface area contributed by atoms with Gasteiger partial charge in [-0.15, -0.1) is 11.3 Å². The number of thiazole rings is 1. The van der Waals surface area contributed by atoms with Crippen LogP contribution in [0.4, 0.5) is 5.95 Å². The van der Waals surface area contributed by atoms with E-state index in [4.69, 9.17) is 4.74 Å². The third-order valence-electron chi connectivity index (χ3n) is 5.56. The van der Waals surface area contributed by atoms with Gasteiger partial charge in [0.1, 0.15) is 5.01 Å². The molecule has 0 unspecified atom stereocenters. The Morgan fingerprint density at radius 2 is 2.00 bits per heavy atom. The van der Waals surface area contributed by atoms with Crippen LogP contribution in [0.15, 0.2) is 30.0 Å². The monoisotopic (exact) mass is 359 g/mol. The average Bonchev–Trinajstić information content (AvgIpc) is 3.26. The highest BCUT2D eigenvalue weighted by Gasteiger charge is 2.45. The van der Waals surface area contributed by atoms with Crippen LogP contribution in [-0.2, 0) is 11.3 Å². The fourth-order valence-electron chi connectivity index (χ4n) is 4.30.